The Bertz CT molecular complexity index is 1140. The molecular formula is C20H17ClF5N5O. The number of ether oxygens (including phenoxy) is 1. The number of pyridine rings is 2. The molecule has 0 bridgehead atoms. The summed E-state index contributed by atoms with van der Waals surface area (Å²) in [6, 6.07) is 2.56. The molecule has 2 aromatic rings. The third kappa shape index (κ3) is 4.21. The number of aromatic nitrogens is 2. The first-order chi connectivity index (χ1) is 15.1. The smallest absolute Gasteiger partial charge is 0.425 e. The predicted octanol–water partition coefficient (Wildman–Crippen LogP) is 4.83. The summed E-state index contributed by atoms with van der Waals surface area (Å²) in [4.78, 5) is 12.2. The van der Waals surface area contributed by atoms with Gasteiger partial charge in [0.1, 0.15) is 23.6 Å². The predicted molar refractivity (Wildman–Crippen MR) is 109 cm³/mol. The van der Waals surface area contributed by atoms with Crippen molar-refractivity contribution >= 4 is 34.3 Å². The minimum Gasteiger partial charge on any atom is -0.452 e. The molecule has 3 N–H and O–H groups in total. The molecule has 0 spiro atoms. The third-order valence-electron chi connectivity index (χ3n) is 5.43. The Morgan fingerprint density at radius 3 is 2.78 bits per heavy atom. The molecule has 0 radical (unpaired) electrons. The topological polar surface area (TPSA) is 85.4 Å². The number of rotatable bonds is 4. The maximum absolute atomic E-state index is 14.8. The number of hydrogen-bond donors (Lipinski definition) is 2. The van der Waals surface area contributed by atoms with Crippen molar-refractivity contribution in [3.8, 4) is 0 Å². The molecule has 2 aromatic heterocycles. The van der Waals surface area contributed by atoms with Crippen LogP contribution in [0.3, 0.4) is 0 Å². The van der Waals surface area contributed by atoms with Crippen LogP contribution in [0, 0.1) is 5.92 Å². The number of allylic oxidation sites excluding steroid dienone is 3. The molecule has 3 atom stereocenters. The fraction of sp³-hybridized carbons (Fsp3) is 0.350. The molecule has 0 amide bonds. The molecule has 0 aromatic carbocycles. The molecule has 1 aliphatic carbocycles. The van der Waals surface area contributed by atoms with E-state index in [4.69, 9.17) is 17.3 Å². The minimum atomic E-state index is -4.81. The first kappa shape index (κ1) is 22.3. The van der Waals surface area contributed by atoms with Crippen LogP contribution in [0.15, 0.2) is 53.2 Å². The molecular weight excluding hydrogens is 457 g/mol. The van der Waals surface area contributed by atoms with Gasteiger partial charge >= 0.3 is 6.18 Å². The average Bonchev–Trinajstić information content (AvgIpc) is 2.74. The van der Waals surface area contributed by atoms with Gasteiger partial charge in [-0.1, -0.05) is 11.6 Å². The van der Waals surface area contributed by atoms with E-state index in [2.05, 4.69) is 25.0 Å². The summed E-state index contributed by atoms with van der Waals surface area (Å²) in [7, 11) is 0. The van der Waals surface area contributed by atoms with Crippen molar-refractivity contribution in [1.29, 1.82) is 0 Å². The summed E-state index contributed by atoms with van der Waals surface area (Å²) in [6.07, 6.45) is -2.86. The normalized spacial score (nSPS) is 26.1. The van der Waals surface area contributed by atoms with Crippen LogP contribution in [0.5, 0.6) is 0 Å². The number of nitrogens with zero attached hydrogens (tertiary/aromatic N) is 3. The highest BCUT2D eigenvalue weighted by Crippen LogP contribution is 2.45. The summed E-state index contributed by atoms with van der Waals surface area (Å²) in [5.74, 6) is -1.80. The van der Waals surface area contributed by atoms with Crippen molar-refractivity contribution in [2.75, 3.05) is 12.0 Å². The minimum absolute atomic E-state index is 0.167. The van der Waals surface area contributed by atoms with Crippen LogP contribution in [-0.2, 0) is 4.74 Å². The van der Waals surface area contributed by atoms with E-state index in [1.54, 1.807) is 12.1 Å². The molecule has 4 rings (SSSR count). The van der Waals surface area contributed by atoms with Gasteiger partial charge in [-0.25, -0.2) is 18.8 Å². The third-order valence-corrected chi connectivity index (χ3v) is 5.63. The molecule has 32 heavy (non-hydrogen) atoms. The van der Waals surface area contributed by atoms with Crippen molar-refractivity contribution in [2.45, 2.75) is 30.7 Å². The van der Waals surface area contributed by atoms with Gasteiger partial charge in [-0.3, -0.25) is 4.98 Å². The van der Waals surface area contributed by atoms with Gasteiger partial charge in [0, 0.05) is 35.8 Å². The molecule has 0 saturated heterocycles. The number of alkyl halides is 4. The van der Waals surface area contributed by atoms with E-state index in [9.17, 15) is 22.0 Å². The van der Waals surface area contributed by atoms with Crippen molar-refractivity contribution < 1.29 is 26.7 Å². The Kier molecular flexibility index (Phi) is 5.70. The SMILES string of the molecule is NC1=N[C@](CF)(C2CC(Nc3nccc4cc(Cl)cnc34)=CC=C2F)C[C@@H](C(F)(F)F)O1. The van der Waals surface area contributed by atoms with E-state index in [1.807, 2.05) is 0 Å². The second kappa shape index (κ2) is 8.19. The number of anilines is 1. The van der Waals surface area contributed by atoms with E-state index in [0.717, 1.165) is 6.08 Å². The summed E-state index contributed by atoms with van der Waals surface area (Å²) in [5.41, 5.74) is 4.23. The lowest BCUT2D eigenvalue weighted by molar-refractivity contribution is -0.210. The molecule has 1 aliphatic heterocycles. The first-order valence-electron chi connectivity index (χ1n) is 9.49. The van der Waals surface area contributed by atoms with Gasteiger partial charge in [-0.05, 0) is 30.7 Å². The molecule has 1 unspecified atom stereocenters. The summed E-state index contributed by atoms with van der Waals surface area (Å²) >= 11 is 5.96. The second-order valence-electron chi connectivity index (χ2n) is 7.55. The quantitative estimate of drug-likeness (QED) is 0.621. The lowest BCUT2D eigenvalue weighted by Crippen LogP contribution is -2.53. The molecule has 12 heteroatoms. The maximum atomic E-state index is 14.8. The summed E-state index contributed by atoms with van der Waals surface area (Å²) < 4.78 is 73.3. The Labute approximate surface area is 184 Å². The summed E-state index contributed by atoms with van der Waals surface area (Å²) in [5, 5.41) is 4.13. The number of nitrogens with one attached hydrogen (secondary N) is 1. The molecule has 170 valence electrons. The zero-order chi connectivity index (χ0) is 23.1. The number of fused-ring (bicyclic) bond motifs is 1. The number of nitrogens with two attached hydrogens (primary N) is 1. The summed E-state index contributed by atoms with van der Waals surface area (Å²) in [6.45, 7) is -1.35. The van der Waals surface area contributed by atoms with Crippen LogP contribution in [-0.4, -0.2) is 40.5 Å². The van der Waals surface area contributed by atoms with Crippen LogP contribution < -0.4 is 11.1 Å². The van der Waals surface area contributed by atoms with E-state index in [1.165, 1.54) is 18.5 Å². The number of halogens is 6. The lowest BCUT2D eigenvalue weighted by Gasteiger charge is -2.41. The zero-order valence-electron chi connectivity index (χ0n) is 16.3. The van der Waals surface area contributed by atoms with Gasteiger partial charge in [-0.15, -0.1) is 0 Å². The first-order valence-corrected chi connectivity index (χ1v) is 9.87. The Morgan fingerprint density at radius 1 is 1.28 bits per heavy atom. The van der Waals surface area contributed by atoms with Crippen LogP contribution in [0.2, 0.25) is 5.02 Å². The fourth-order valence-electron chi connectivity index (χ4n) is 3.88. The number of amidine groups is 1. The highest BCUT2D eigenvalue weighted by Gasteiger charge is 2.54. The largest absolute Gasteiger partial charge is 0.452 e. The monoisotopic (exact) mass is 473 g/mol. The van der Waals surface area contributed by atoms with Gasteiger partial charge in [0.2, 0.25) is 0 Å². The van der Waals surface area contributed by atoms with Crippen LogP contribution in [0.25, 0.3) is 10.9 Å². The van der Waals surface area contributed by atoms with Crippen molar-refractivity contribution in [3.05, 3.63) is 53.2 Å². The van der Waals surface area contributed by atoms with Crippen molar-refractivity contribution in [2.24, 2.45) is 16.6 Å². The maximum Gasteiger partial charge on any atom is 0.425 e. The van der Waals surface area contributed by atoms with Gasteiger partial charge in [0.25, 0.3) is 6.02 Å². The van der Waals surface area contributed by atoms with Crippen LogP contribution in [0.1, 0.15) is 12.8 Å². The highest BCUT2D eigenvalue weighted by atomic mass is 35.5. The van der Waals surface area contributed by atoms with Gasteiger partial charge in [0.05, 0.1) is 5.02 Å². The van der Waals surface area contributed by atoms with Crippen LogP contribution >= 0.6 is 11.6 Å². The molecule has 0 fully saturated rings. The highest BCUT2D eigenvalue weighted by molar-refractivity contribution is 6.31. The van der Waals surface area contributed by atoms with Crippen molar-refractivity contribution in [3.63, 3.8) is 0 Å². The second-order valence-corrected chi connectivity index (χ2v) is 7.99. The average molecular weight is 474 g/mol. The van der Waals surface area contributed by atoms with Crippen molar-refractivity contribution in [1.82, 2.24) is 9.97 Å². The van der Waals surface area contributed by atoms with Crippen LogP contribution in [0.4, 0.5) is 27.8 Å². The van der Waals surface area contributed by atoms with Gasteiger partial charge < -0.3 is 15.8 Å². The number of aliphatic imine (C=N–C) groups is 1. The van der Waals surface area contributed by atoms with E-state index in [-0.39, 0.29) is 6.42 Å². The Hall–Kier alpha value is -2.95. The van der Waals surface area contributed by atoms with E-state index < -0.39 is 48.7 Å². The lowest BCUT2D eigenvalue weighted by atomic mass is 9.75. The molecule has 0 saturated carbocycles. The fourth-order valence-corrected chi connectivity index (χ4v) is 4.04. The standard InChI is InChI=1S/C20H17ClF5N5O/c21-11-5-10-3-4-28-17(16(10)29-8-11)30-12-1-2-14(23)13(6-12)19(9-22)7-15(20(24,25)26)32-18(27)31-19/h1-5,8,13,15H,6-7,9H2,(H2,27,31)(H,28,30)/t13?,15-,19+/m0/s1. The molecule has 6 nitrogen and oxygen atoms in total. The Balaban J connectivity index is 1.64. The zero-order valence-corrected chi connectivity index (χ0v) is 17.1. The van der Waals surface area contributed by atoms with E-state index >= 15 is 0 Å². The van der Waals surface area contributed by atoms with E-state index in [0.29, 0.717) is 27.4 Å². The number of hydrogen-bond acceptors (Lipinski definition) is 6. The van der Waals surface area contributed by atoms with Gasteiger partial charge in [-0.2, -0.15) is 13.2 Å². The molecule has 3 heterocycles. The van der Waals surface area contributed by atoms with Gasteiger partial charge in [0.15, 0.2) is 11.9 Å². The molecule has 2 aliphatic rings. The Morgan fingerprint density at radius 2 is 2.06 bits per heavy atom.